The average molecular weight is 264 g/mol. The predicted octanol–water partition coefficient (Wildman–Crippen LogP) is -0.226. The van der Waals surface area contributed by atoms with Crippen molar-refractivity contribution in [2.45, 2.75) is 0 Å². The molecule has 0 aromatic carbocycles. The molecular formula is C10H12N6O3. The van der Waals surface area contributed by atoms with Crippen LogP contribution in [0, 0.1) is 0 Å². The molecule has 0 fully saturated rings. The van der Waals surface area contributed by atoms with Gasteiger partial charge in [-0.1, -0.05) is 5.16 Å². The van der Waals surface area contributed by atoms with Crippen LogP contribution in [0.1, 0.15) is 5.69 Å². The number of methoxy groups -OCH3 is 2. The Morgan fingerprint density at radius 3 is 2.42 bits per heavy atom. The quantitative estimate of drug-likeness (QED) is 0.338. The van der Waals surface area contributed by atoms with E-state index in [1.54, 1.807) is 18.3 Å². The molecule has 0 radical (unpaired) electrons. The maximum Gasteiger partial charge on any atom is 0.324 e. The molecule has 2 aromatic rings. The minimum Gasteiger partial charge on any atom is -0.467 e. The third-order valence-electron chi connectivity index (χ3n) is 2.28. The number of amidine groups is 1. The molecule has 2 aromatic heterocycles. The van der Waals surface area contributed by atoms with Crippen LogP contribution in [0.2, 0.25) is 0 Å². The number of aromatic nitrogens is 4. The van der Waals surface area contributed by atoms with Gasteiger partial charge in [0.15, 0.2) is 5.84 Å². The van der Waals surface area contributed by atoms with Gasteiger partial charge in [0.05, 0.1) is 19.9 Å². The van der Waals surface area contributed by atoms with E-state index in [4.69, 9.17) is 20.4 Å². The number of hydrogen-bond donors (Lipinski definition) is 2. The predicted molar refractivity (Wildman–Crippen MR) is 64.8 cm³/mol. The fourth-order valence-corrected chi connectivity index (χ4v) is 1.43. The number of rotatable bonds is 4. The first-order valence-electron chi connectivity index (χ1n) is 5.19. The van der Waals surface area contributed by atoms with E-state index in [1.807, 2.05) is 0 Å². The molecule has 2 rings (SSSR count). The molecular weight excluding hydrogens is 252 g/mol. The second kappa shape index (κ2) is 5.21. The van der Waals surface area contributed by atoms with Crippen molar-refractivity contribution >= 4 is 5.84 Å². The first kappa shape index (κ1) is 12.6. The zero-order chi connectivity index (χ0) is 13.8. The molecule has 100 valence electrons. The summed E-state index contributed by atoms with van der Waals surface area (Å²) in [5.74, 6) is 0.165. The minimum absolute atomic E-state index is 0.0663. The summed E-state index contributed by atoms with van der Waals surface area (Å²) in [7, 11) is 2.86. The summed E-state index contributed by atoms with van der Waals surface area (Å²) in [5, 5.41) is 11.7. The zero-order valence-electron chi connectivity index (χ0n) is 10.3. The molecule has 3 N–H and O–H groups in total. The molecule has 2 heterocycles. The number of nitrogens with two attached hydrogens (primary N) is 1. The van der Waals surface area contributed by atoms with Gasteiger partial charge in [0.1, 0.15) is 0 Å². The first-order chi connectivity index (χ1) is 9.19. The van der Waals surface area contributed by atoms with Gasteiger partial charge >= 0.3 is 12.0 Å². The molecule has 0 unspecified atom stereocenters. The molecule has 9 nitrogen and oxygen atoms in total. The summed E-state index contributed by atoms with van der Waals surface area (Å²) in [6.45, 7) is 0. The summed E-state index contributed by atoms with van der Waals surface area (Å²) < 4.78 is 11.4. The Kier molecular flexibility index (Phi) is 3.46. The second-order valence-electron chi connectivity index (χ2n) is 3.36. The third-order valence-corrected chi connectivity index (χ3v) is 2.28. The fraction of sp³-hybridized carbons (Fsp3) is 0.200. The van der Waals surface area contributed by atoms with Crippen LogP contribution in [0.25, 0.3) is 5.95 Å². The summed E-state index contributed by atoms with van der Waals surface area (Å²) in [5.41, 5.74) is 5.99. The van der Waals surface area contributed by atoms with E-state index in [0.29, 0.717) is 5.69 Å². The molecule has 9 heteroatoms. The van der Waals surface area contributed by atoms with Crippen molar-refractivity contribution in [3.63, 3.8) is 0 Å². The maximum atomic E-state index is 8.73. The van der Waals surface area contributed by atoms with E-state index in [2.05, 4.69) is 20.1 Å². The van der Waals surface area contributed by atoms with Crippen LogP contribution < -0.4 is 15.2 Å². The van der Waals surface area contributed by atoms with Crippen LogP contribution in [0.4, 0.5) is 0 Å². The summed E-state index contributed by atoms with van der Waals surface area (Å²) in [6, 6.07) is 3.55. The highest BCUT2D eigenvalue weighted by molar-refractivity contribution is 5.96. The second-order valence-corrected chi connectivity index (χ2v) is 3.36. The van der Waals surface area contributed by atoms with Gasteiger partial charge < -0.3 is 20.4 Å². The molecule has 0 atom stereocenters. The van der Waals surface area contributed by atoms with Gasteiger partial charge in [-0.3, -0.25) is 4.57 Å². The lowest BCUT2D eigenvalue weighted by atomic mass is 10.4. The Labute approximate surface area is 108 Å². The van der Waals surface area contributed by atoms with Crippen LogP contribution in [0.3, 0.4) is 0 Å². The van der Waals surface area contributed by atoms with Crippen LogP contribution in [0.5, 0.6) is 12.0 Å². The summed E-state index contributed by atoms with van der Waals surface area (Å²) in [4.78, 5) is 12.0. The monoisotopic (exact) mass is 264 g/mol. The van der Waals surface area contributed by atoms with Crippen LogP contribution in [-0.2, 0) is 0 Å². The van der Waals surface area contributed by atoms with Crippen molar-refractivity contribution in [2.75, 3.05) is 14.2 Å². The average Bonchev–Trinajstić information content (AvgIpc) is 2.95. The molecule has 0 saturated heterocycles. The molecule has 0 saturated carbocycles. The summed E-state index contributed by atoms with van der Waals surface area (Å²) >= 11 is 0. The molecule has 0 aliphatic carbocycles. The van der Waals surface area contributed by atoms with Crippen molar-refractivity contribution in [1.29, 1.82) is 0 Å². The van der Waals surface area contributed by atoms with E-state index in [-0.39, 0.29) is 23.8 Å². The molecule has 0 bridgehead atoms. The van der Waals surface area contributed by atoms with E-state index < -0.39 is 0 Å². The molecule has 0 aliphatic rings. The van der Waals surface area contributed by atoms with Crippen LogP contribution in [0.15, 0.2) is 23.5 Å². The topological polar surface area (TPSA) is 121 Å². The third kappa shape index (κ3) is 2.39. The Bertz CT molecular complexity index is 587. The van der Waals surface area contributed by atoms with Gasteiger partial charge in [-0.05, 0) is 12.1 Å². The molecule has 0 spiro atoms. The summed E-state index contributed by atoms with van der Waals surface area (Å²) in [6.07, 6.45) is 1.65. The van der Waals surface area contributed by atoms with E-state index >= 15 is 0 Å². The number of hydrogen-bond acceptors (Lipinski definition) is 7. The molecule has 19 heavy (non-hydrogen) atoms. The van der Waals surface area contributed by atoms with Crippen molar-refractivity contribution in [3.8, 4) is 18.0 Å². The minimum atomic E-state index is -0.0663. The SMILES string of the molecule is COc1nc(OC)nc(-n2cccc2/C(N)=N/O)n1. The van der Waals surface area contributed by atoms with E-state index in [1.165, 1.54) is 18.8 Å². The highest BCUT2D eigenvalue weighted by Gasteiger charge is 2.13. The van der Waals surface area contributed by atoms with Crippen molar-refractivity contribution in [2.24, 2.45) is 10.9 Å². The zero-order valence-corrected chi connectivity index (χ0v) is 10.3. The van der Waals surface area contributed by atoms with Gasteiger partial charge in [0.25, 0.3) is 0 Å². The van der Waals surface area contributed by atoms with Crippen molar-refractivity contribution in [1.82, 2.24) is 19.5 Å². The number of nitrogens with zero attached hydrogens (tertiary/aromatic N) is 5. The number of oxime groups is 1. The number of ether oxygens (including phenoxy) is 2. The largest absolute Gasteiger partial charge is 0.467 e. The van der Waals surface area contributed by atoms with Gasteiger partial charge in [-0.2, -0.15) is 9.97 Å². The highest BCUT2D eigenvalue weighted by Crippen LogP contribution is 2.14. The van der Waals surface area contributed by atoms with Gasteiger partial charge in [0, 0.05) is 6.20 Å². The van der Waals surface area contributed by atoms with Crippen molar-refractivity contribution in [3.05, 3.63) is 24.0 Å². The van der Waals surface area contributed by atoms with Gasteiger partial charge in [-0.15, -0.1) is 4.98 Å². The lowest BCUT2D eigenvalue weighted by Crippen LogP contribution is -2.18. The van der Waals surface area contributed by atoms with Crippen LogP contribution in [-0.4, -0.2) is 44.8 Å². The fourth-order valence-electron chi connectivity index (χ4n) is 1.43. The lowest BCUT2D eigenvalue weighted by Gasteiger charge is -2.08. The van der Waals surface area contributed by atoms with Crippen molar-refractivity contribution < 1.29 is 14.7 Å². The normalized spacial score (nSPS) is 11.4. The lowest BCUT2D eigenvalue weighted by molar-refractivity contribution is 0.318. The standard InChI is InChI=1S/C10H12N6O3/c1-18-9-12-8(13-10(14-9)19-2)16-5-3-4-6(16)7(11)15-17/h3-5,17H,1-2H3,(H2,11,15). The van der Waals surface area contributed by atoms with Gasteiger partial charge in [0.2, 0.25) is 5.95 Å². The Morgan fingerprint density at radius 2 is 1.89 bits per heavy atom. The molecule has 0 amide bonds. The Hall–Kier alpha value is -2.84. The highest BCUT2D eigenvalue weighted by atomic mass is 16.5. The van der Waals surface area contributed by atoms with E-state index in [9.17, 15) is 0 Å². The van der Waals surface area contributed by atoms with Gasteiger partial charge in [-0.25, -0.2) is 0 Å². The first-order valence-corrected chi connectivity index (χ1v) is 5.19. The maximum absolute atomic E-state index is 8.73. The van der Waals surface area contributed by atoms with E-state index in [0.717, 1.165) is 0 Å². The Morgan fingerprint density at radius 1 is 1.26 bits per heavy atom. The molecule has 0 aliphatic heterocycles. The Balaban J connectivity index is 2.55. The smallest absolute Gasteiger partial charge is 0.324 e. The van der Waals surface area contributed by atoms with Crippen LogP contribution >= 0.6 is 0 Å².